The van der Waals surface area contributed by atoms with Crippen molar-refractivity contribution in [2.24, 2.45) is 0 Å². The van der Waals surface area contributed by atoms with E-state index >= 15 is 0 Å². The number of aliphatic carboxylic acids is 1. The van der Waals surface area contributed by atoms with E-state index in [9.17, 15) is 32.7 Å². The van der Waals surface area contributed by atoms with Crippen LogP contribution >= 0.6 is 35.3 Å². The molecule has 3 atom stereocenters. The van der Waals surface area contributed by atoms with E-state index in [1.807, 2.05) is 0 Å². The molecule has 1 aromatic rings. The number of aromatic amines is 1. The smallest absolute Gasteiger partial charge is 0.442 e. The summed E-state index contributed by atoms with van der Waals surface area (Å²) in [7, 11) is 0. The number of hydrogen-bond donors (Lipinski definition) is 3. The van der Waals surface area contributed by atoms with Crippen molar-refractivity contribution in [1.82, 2.24) is 30.8 Å². The van der Waals surface area contributed by atoms with Gasteiger partial charge in [0.05, 0.1) is 5.75 Å². The number of hydrogen-bond acceptors (Lipinski definition) is 9. The van der Waals surface area contributed by atoms with Crippen LogP contribution in [0.4, 0.5) is 13.2 Å². The number of carbonyl (C=O) groups excluding carboxylic acids is 2. The van der Waals surface area contributed by atoms with Crippen LogP contribution in [0.15, 0.2) is 16.4 Å². The Bertz CT molecular complexity index is 856. The van der Waals surface area contributed by atoms with Gasteiger partial charge in [0.2, 0.25) is 11.1 Å². The molecule has 3 N–H and O–H groups in total. The molecule has 2 unspecified atom stereocenters. The van der Waals surface area contributed by atoms with Crippen LogP contribution in [0.1, 0.15) is 6.92 Å². The van der Waals surface area contributed by atoms with Gasteiger partial charge >= 0.3 is 11.5 Å². The number of aromatic nitrogens is 4. The number of rotatable bonds is 7. The quantitative estimate of drug-likeness (QED) is 0.276. The molecule has 2 aliphatic rings. The van der Waals surface area contributed by atoms with E-state index in [2.05, 4.69) is 25.9 Å². The van der Waals surface area contributed by atoms with Crippen LogP contribution in [0.3, 0.4) is 0 Å². The molecule has 3 heterocycles. The van der Waals surface area contributed by atoms with E-state index in [0.29, 0.717) is 10.7 Å². The third-order valence-electron chi connectivity index (χ3n) is 3.98. The van der Waals surface area contributed by atoms with Gasteiger partial charge < -0.3 is 10.4 Å². The first-order valence-corrected chi connectivity index (χ1v) is 10.8. The summed E-state index contributed by atoms with van der Waals surface area (Å²) >= 11 is 1.87. The normalized spacial score (nSPS) is 22.0. The van der Waals surface area contributed by atoms with Crippen molar-refractivity contribution in [2.45, 2.75) is 34.3 Å². The fraction of sp³-hybridized carbons (Fsp3) is 0.538. The summed E-state index contributed by atoms with van der Waals surface area (Å²) in [6.07, 6.45) is 0. The summed E-state index contributed by atoms with van der Waals surface area (Å²) in [6.45, 7) is 1.73. The van der Waals surface area contributed by atoms with Gasteiger partial charge in [-0.25, -0.2) is 4.79 Å². The molecule has 1 radical (unpaired) electrons. The molecule has 1 aromatic heterocycles. The third-order valence-corrected chi connectivity index (χ3v) is 7.04. The number of thioether (sulfide) groups is 3. The number of carboxylic acids is 1. The molecular formula is C13H13F3N6NaO4S3. The molecule has 30 heavy (non-hydrogen) atoms. The molecule has 1 saturated heterocycles. The number of halogens is 3. The summed E-state index contributed by atoms with van der Waals surface area (Å²) in [5.74, 6) is -3.56. The van der Waals surface area contributed by atoms with E-state index < -0.39 is 52.2 Å². The first kappa shape index (κ1) is 25.3. The third kappa shape index (κ3) is 5.64. The van der Waals surface area contributed by atoms with Crippen molar-refractivity contribution in [3.8, 4) is 0 Å². The second-order valence-corrected chi connectivity index (χ2v) is 9.28. The van der Waals surface area contributed by atoms with E-state index in [-0.39, 0.29) is 46.3 Å². The van der Waals surface area contributed by atoms with Gasteiger partial charge in [-0.2, -0.15) is 18.4 Å². The van der Waals surface area contributed by atoms with E-state index in [4.69, 9.17) is 0 Å². The van der Waals surface area contributed by atoms with Crippen LogP contribution in [0.25, 0.3) is 0 Å². The predicted octanol–water partition coefficient (Wildman–Crippen LogP) is 0.291. The average molecular weight is 493 g/mol. The minimum absolute atomic E-state index is 0. The first-order valence-electron chi connectivity index (χ1n) is 7.89. The topological polar surface area (TPSA) is 141 Å². The standard InChI is InChI=1S/C13H13F3N6O4S3.Na/c1-4(29-12-18-20-21-19-12)5-2-27-10-7(9(24)22(10)8(5)11(25)26)17-6(23)3-28-13(14,15)16;/h4,7,10H,2-3H2,1H3,(H,17,23)(H,25,26)(H,18,19,20,21);/t4?,7?,10-;/m1./s1. The van der Waals surface area contributed by atoms with Gasteiger partial charge in [0.25, 0.3) is 5.91 Å². The maximum atomic E-state index is 12.5. The number of amides is 2. The summed E-state index contributed by atoms with van der Waals surface area (Å²) in [5.41, 5.74) is -4.29. The number of carbonyl (C=O) groups is 3. The van der Waals surface area contributed by atoms with E-state index in [1.165, 1.54) is 11.8 Å². The molecule has 0 bridgehead atoms. The number of β-lactam (4-membered cyclic amide) rings is 1. The molecular weight excluding hydrogens is 480 g/mol. The molecule has 10 nitrogen and oxygen atoms in total. The van der Waals surface area contributed by atoms with Gasteiger partial charge in [-0.15, -0.1) is 22.0 Å². The molecule has 159 valence electrons. The van der Waals surface area contributed by atoms with Crippen molar-refractivity contribution in [3.05, 3.63) is 11.3 Å². The Hall–Kier alpha value is -0.940. The molecule has 2 amide bonds. The molecule has 0 aliphatic carbocycles. The number of fused-ring (bicyclic) bond motifs is 1. The fourth-order valence-electron chi connectivity index (χ4n) is 2.75. The van der Waals surface area contributed by atoms with Gasteiger partial charge in [-0.3, -0.25) is 14.5 Å². The van der Waals surface area contributed by atoms with Crippen molar-refractivity contribution >= 4 is 82.6 Å². The van der Waals surface area contributed by atoms with Crippen LogP contribution in [-0.2, 0) is 14.4 Å². The van der Waals surface area contributed by atoms with Crippen LogP contribution in [0, 0.1) is 0 Å². The van der Waals surface area contributed by atoms with Gasteiger partial charge in [0.15, 0.2) is 0 Å². The van der Waals surface area contributed by atoms with E-state index in [0.717, 1.165) is 16.7 Å². The van der Waals surface area contributed by atoms with Crippen molar-refractivity contribution in [1.29, 1.82) is 0 Å². The van der Waals surface area contributed by atoms with Crippen molar-refractivity contribution in [2.75, 3.05) is 11.5 Å². The number of nitrogens with zero attached hydrogens (tertiary/aromatic N) is 4. The molecule has 2 aliphatic heterocycles. The Morgan fingerprint density at radius 1 is 1.47 bits per heavy atom. The van der Waals surface area contributed by atoms with Crippen LogP contribution in [0.2, 0.25) is 0 Å². The number of H-pyrrole nitrogens is 1. The number of carboxylic acid groups (broad SMARTS) is 1. The van der Waals surface area contributed by atoms with E-state index in [1.54, 1.807) is 6.92 Å². The Balaban J connectivity index is 0.00000320. The van der Waals surface area contributed by atoms with Gasteiger partial charge in [0.1, 0.15) is 17.1 Å². The zero-order chi connectivity index (χ0) is 21.3. The zero-order valence-corrected chi connectivity index (χ0v) is 19.9. The van der Waals surface area contributed by atoms with Gasteiger partial charge in [0, 0.05) is 40.6 Å². The minimum atomic E-state index is -4.56. The van der Waals surface area contributed by atoms with Crippen LogP contribution in [-0.4, -0.2) is 112 Å². The molecule has 0 aromatic carbocycles. The predicted molar refractivity (Wildman–Crippen MR) is 103 cm³/mol. The Morgan fingerprint density at radius 2 is 2.17 bits per heavy atom. The van der Waals surface area contributed by atoms with Crippen molar-refractivity contribution < 1.29 is 32.7 Å². The number of alkyl halides is 3. The maximum absolute atomic E-state index is 12.5. The van der Waals surface area contributed by atoms with Gasteiger partial charge in [-0.05, 0) is 29.5 Å². The zero-order valence-electron chi connectivity index (χ0n) is 15.5. The maximum Gasteiger partial charge on any atom is 0.442 e. The Kier molecular flexibility index (Phi) is 8.54. The Labute approximate surface area is 202 Å². The molecule has 1 fully saturated rings. The fourth-order valence-corrected chi connectivity index (χ4v) is 5.54. The summed E-state index contributed by atoms with van der Waals surface area (Å²) in [6, 6.07) is -1.07. The monoisotopic (exact) mass is 493 g/mol. The summed E-state index contributed by atoms with van der Waals surface area (Å²) in [4.78, 5) is 37.0. The molecule has 0 saturated carbocycles. The minimum Gasteiger partial charge on any atom is -0.477 e. The Morgan fingerprint density at radius 3 is 2.73 bits per heavy atom. The summed E-state index contributed by atoms with van der Waals surface area (Å²) in [5, 5.41) is 24.4. The number of nitrogens with one attached hydrogen (secondary N) is 2. The average Bonchev–Trinajstić information content (AvgIpc) is 3.15. The van der Waals surface area contributed by atoms with Crippen LogP contribution in [0.5, 0.6) is 0 Å². The second-order valence-electron chi connectivity index (χ2n) is 5.82. The van der Waals surface area contributed by atoms with Gasteiger partial charge in [-0.1, -0.05) is 11.8 Å². The van der Waals surface area contributed by atoms with Crippen molar-refractivity contribution in [3.63, 3.8) is 0 Å². The molecule has 3 rings (SSSR count). The second kappa shape index (κ2) is 10.1. The number of tetrazole rings is 1. The SMILES string of the molecule is CC(Sc1nn[nH]n1)C1=C(C(=O)O)N2C(=O)C(NC(=O)CSC(F)(F)F)[C@H]2SC1.[Na]. The largest absolute Gasteiger partial charge is 0.477 e. The summed E-state index contributed by atoms with van der Waals surface area (Å²) < 4.78 is 36.6. The first-order chi connectivity index (χ1) is 13.6. The molecule has 17 heteroatoms. The van der Waals surface area contributed by atoms with Crippen LogP contribution < -0.4 is 5.32 Å². The molecule has 0 spiro atoms.